The van der Waals surface area contributed by atoms with E-state index in [9.17, 15) is 4.79 Å². The summed E-state index contributed by atoms with van der Waals surface area (Å²) in [7, 11) is 1.60. The van der Waals surface area contributed by atoms with Gasteiger partial charge in [-0.25, -0.2) is 9.98 Å². The van der Waals surface area contributed by atoms with Crippen molar-refractivity contribution < 1.29 is 13.9 Å². The average Bonchev–Trinajstić information content (AvgIpc) is 3.26. The molecule has 0 aliphatic carbocycles. The number of carbonyl (C=O) groups excluding carboxylic acids is 1. The largest absolute Gasteiger partial charge is 0.481 e. The maximum atomic E-state index is 12.4. The molecule has 0 saturated carbocycles. The minimum atomic E-state index is -0.0674. The van der Waals surface area contributed by atoms with Gasteiger partial charge in [-0.15, -0.1) is 0 Å². The van der Waals surface area contributed by atoms with E-state index < -0.39 is 0 Å². The maximum absolute atomic E-state index is 12.4. The number of nitrogens with zero attached hydrogens (tertiary/aromatic N) is 4. The second-order valence-corrected chi connectivity index (χ2v) is 6.10. The molecule has 27 heavy (non-hydrogen) atoms. The molecule has 0 bridgehead atoms. The Kier molecular flexibility index (Phi) is 6.30. The number of ether oxygens (including phenoxy) is 1. The van der Waals surface area contributed by atoms with Gasteiger partial charge >= 0.3 is 0 Å². The Hall–Kier alpha value is -3.03. The summed E-state index contributed by atoms with van der Waals surface area (Å²) in [4.78, 5) is 25.4. The smallest absolute Gasteiger partial charge is 0.289 e. The first kappa shape index (κ1) is 18.8. The number of guanidine groups is 1. The van der Waals surface area contributed by atoms with Crippen LogP contribution in [0.25, 0.3) is 0 Å². The van der Waals surface area contributed by atoms with Gasteiger partial charge in [-0.2, -0.15) is 0 Å². The molecule has 8 heteroatoms. The second kappa shape index (κ2) is 9.07. The van der Waals surface area contributed by atoms with Crippen LogP contribution in [0.3, 0.4) is 0 Å². The summed E-state index contributed by atoms with van der Waals surface area (Å²) in [5.41, 5.74) is 0.844. The molecule has 2 aromatic heterocycles. The van der Waals surface area contributed by atoms with E-state index in [-0.39, 0.29) is 5.91 Å². The van der Waals surface area contributed by atoms with E-state index in [2.05, 4.69) is 15.2 Å². The molecule has 0 spiro atoms. The molecule has 8 nitrogen and oxygen atoms in total. The predicted octanol–water partition coefficient (Wildman–Crippen LogP) is 1.61. The normalized spacial score (nSPS) is 15.0. The first-order valence-corrected chi connectivity index (χ1v) is 9.07. The van der Waals surface area contributed by atoms with Gasteiger partial charge in [0.15, 0.2) is 11.7 Å². The van der Waals surface area contributed by atoms with Crippen molar-refractivity contribution in [1.82, 2.24) is 20.1 Å². The molecule has 3 rings (SSSR count). The lowest BCUT2D eigenvalue weighted by molar-refractivity contribution is 0.0657. The zero-order chi connectivity index (χ0) is 19.1. The van der Waals surface area contributed by atoms with Gasteiger partial charge in [-0.1, -0.05) is 6.07 Å². The zero-order valence-corrected chi connectivity index (χ0v) is 15.7. The van der Waals surface area contributed by atoms with E-state index in [1.165, 1.54) is 6.26 Å². The number of piperazine rings is 1. The van der Waals surface area contributed by atoms with Crippen LogP contribution in [0, 0.1) is 0 Å². The molecule has 1 saturated heterocycles. The van der Waals surface area contributed by atoms with E-state index in [1.54, 1.807) is 19.2 Å². The highest BCUT2D eigenvalue weighted by atomic mass is 16.5. The number of nitrogens with one attached hydrogen (secondary N) is 1. The standard InChI is InChI=1S/C19H25N5O3/c1-3-20-19(21-14-15-6-4-8-17(22-15)26-2)24-11-9-23(10-12-24)18(25)16-7-5-13-27-16/h4-8,13H,3,9-12,14H2,1-2H3,(H,20,21). The van der Waals surface area contributed by atoms with E-state index in [4.69, 9.17) is 14.1 Å². The minimum Gasteiger partial charge on any atom is -0.481 e. The molecular formula is C19H25N5O3. The summed E-state index contributed by atoms with van der Waals surface area (Å²) in [6, 6.07) is 9.07. The molecule has 0 unspecified atom stereocenters. The Labute approximate surface area is 158 Å². The molecule has 1 amide bonds. The van der Waals surface area contributed by atoms with Crippen molar-refractivity contribution >= 4 is 11.9 Å². The van der Waals surface area contributed by atoms with Gasteiger partial charge in [0, 0.05) is 38.8 Å². The van der Waals surface area contributed by atoms with Gasteiger partial charge in [-0.3, -0.25) is 4.79 Å². The molecule has 1 aliphatic heterocycles. The number of carbonyl (C=O) groups is 1. The van der Waals surface area contributed by atoms with Gasteiger partial charge in [0.05, 0.1) is 25.6 Å². The van der Waals surface area contributed by atoms with Crippen LogP contribution < -0.4 is 10.1 Å². The topological polar surface area (TPSA) is 83.2 Å². The molecule has 0 radical (unpaired) electrons. The predicted molar refractivity (Wildman–Crippen MR) is 102 cm³/mol. The van der Waals surface area contributed by atoms with Gasteiger partial charge in [-0.05, 0) is 25.1 Å². The number of amides is 1. The number of hydrogen-bond donors (Lipinski definition) is 1. The molecule has 0 atom stereocenters. The fourth-order valence-electron chi connectivity index (χ4n) is 2.92. The van der Waals surface area contributed by atoms with Crippen LogP contribution in [0.1, 0.15) is 23.2 Å². The molecule has 1 aliphatic rings. The third-order valence-corrected chi connectivity index (χ3v) is 4.31. The molecular weight excluding hydrogens is 346 g/mol. The van der Waals surface area contributed by atoms with E-state index in [0.717, 1.165) is 18.2 Å². The Bertz CT molecular complexity index is 767. The SMILES string of the molecule is CCNC(=NCc1cccc(OC)n1)N1CCN(C(=O)c2ccco2)CC1. The fraction of sp³-hybridized carbons (Fsp3) is 0.421. The summed E-state index contributed by atoms with van der Waals surface area (Å²) in [5.74, 6) is 1.72. The van der Waals surface area contributed by atoms with Crippen LogP contribution in [0.4, 0.5) is 0 Å². The van der Waals surface area contributed by atoms with E-state index >= 15 is 0 Å². The highest BCUT2D eigenvalue weighted by molar-refractivity contribution is 5.91. The first-order chi connectivity index (χ1) is 13.2. The van der Waals surface area contributed by atoms with Crippen LogP contribution in [0.5, 0.6) is 5.88 Å². The van der Waals surface area contributed by atoms with Crippen molar-refractivity contribution in [3.05, 3.63) is 48.0 Å². The number of aliphatic imine (C=N–C) groups is 1. The summed E-state index contributed by atoms with van der Waals surface area (Å²) in [6.07, 6.45) is 1.52. The maximum Gasteiger partial charge on any atom is 0.289 e. The van der Waals surface area contributed by atoms with Crippen LogP contribution >= 0.6 is 0 Å². The minimum absolute atomic E-state index is 0.0674. The molecule has 144 valence electrons. The third kappa shape index (κ3) is 4.78. The number of pyridine rings is 1. The van der Waals surface area contributed by atoms with Crippen molar-refractivity contribution in [3.8, 4) is 5.88 Å². The lowest BCUT2D eigenvalue weighted by atomic mass is 10.3. The summed E-state index contributed by atoms with van der Waals surface area (Å²) < 4.78 is 10.4. The van der Waals surface area contributed by atoms with E-state index in [0.29, 0.717) is 44.4 Å². The Balaban J connectivity index is 1.61. The number of aromatic nitrogens is 1. The highest BCUT2D eigenvalue weighted by Gasteiger charge is 2.25. The summed E-state index contributed by atoms with van der Waals surface area (Å²) in [5, 5.41) is 3.32. The van der Waals surface area contributed by atoms with Crippen molar-refractivity contribution in [3.63, 3.8) is 0 Å². The number of hydrogen-bond acceptors (Lipinski definition) is 5. The number of rotatable bonds is 5. The second-order valence-electron chi connectivity index (χ2n) is 6.10. The first-order valence-electron chi connectivity index (χ1n) is 9.07. The molecule has 2 aromatic rings. The lowest BCUT2D eigenvalue weighted by Gasteiger charge is -2.36. The van der Waals surface area contributed by atoms with Crippen molar-refractivity contribution in [2.75, 3.05) is 39.8 Å². The third-order valence-electron chi connectivity index (χ3n) is 4.31. The number of furan rings is 1. The van der Waals surface area contributed by atoms with Crippen molar-refractivity contribution in [2.45, 2.75) is 13.5 Å². The number of methoxy groups -OCH3 is 1. The van der Waals surface area contributed by atoms with Gasteiger partial charge < -0.3 is 24.3 Å². The molecule has 0 aromatic carbocycles. The quantitative estimate of drug-likeness (QED) is 0.635. The van der Waals surface area contributed by atoms with Crippen molar-refractivity contribution in [2.24, 2.45) is 4.99 Å². The summed E-state index contributed by atoms with van der Waals surface area (Å²) in [6.45, 7) is 5.95. The molecule has 1 N–H and O–H groups in total. The van der Waals surface area contributed by atoms with Crippen LogP contribution in [0.2, 0.25) is 0 Å². The van der Waals surface area contributed by atoms with E-state index in [1.807, 2.05) is 30.0 Å². The van der Waals surface area contributed by atoms with Gasteiger partial charge in [0.1, 0.15) is 0 Å². The monoisotopic (exact) mass is 371 g/mol. The Morgan fingerprint density at radius 1 is 1.22 bits per heavy atom. The fourth-order valence-corrected chi connectivity index (χ4v) is 2.92. The Morgan fingerprint density at radius 2 is 2.00 bits per heavy atom. The summed E-state index contributed by atoms with van der Waals surface area (Å²) >= 11 is 0. The Morgan fingerprint density at radius 3 is 2.67 bits per heavy atom. The molecule has 1 fully saturated rings. The van der Waals surface area contributed by atoms with Gasteiger partial charge in [0.2, 0.25) is 5.88 Å². The average molecular weight is 371 g/mol. The van der Waals surface area contributed by atoms with Crippen LogP contribution in [-0.4, -0.2) is 66.5 Å². The molecule has 3 heterocycles. The van der Waals surface area contributed by atoms with Gasteiger partial charge in [0.25, 0.3) is 5.91 Å². The van der Waals surface area contributed by atoms with Crippen LogP contribution in [-0.2, 0) is 6.54 Å². The zero-order valence-electron chi connectivity index (χ0n) is 15.7. The highest BCUT2D eigenvalue weighted by Crippen LogP contribution is 2.11. The van der Waals surface area contributed by atoms with Crippen molar-refractivity contribution in [1.29, 1.82) is 0 Å². The lowest BCUT2D eigenvalue weighted by Crippen LogP contribution is -2.53. The van der Waals surface area contributed by atoms with Crippen LogP contribution in [0.15, 0.2) is 46.0 Å².